The van der Waals surface area contributed by atoms with Crippen LogP contribution in [-0.4, -0.2) is 38.0 Å². The Hall–Kier alpha value is -2.25. The number of pyridine rings is 1. The summed E-state index contributed by atoms with van der Waals surface area (Å²) in [6.07, 6.45) is 6.55. The summed E-state index contributed by atoms with van der Waals surface area (Å²) >= 11 is 0. The average Bonchev–Trinajstić information content (AvgIpc) is 2.71. The number of ketones is 2. The van der Waals surface area contributed by atoms with Gasteiger partial charge in [0.05, 0.1) is 6.10 Å². The van der Waals surface area contributed by atoms with Gasteiger partial charge in [0, 0.05) is 30.5 Å². The minimum absolute atomic E-state index is 0.0435. The third-order valence-corrected chi connectivity index (χ3v) is 7.75. The molecule has 2 fully saturated rings. The number of aromatic hydroxyl groups is 1. The molecule has 0 spiro atoms. The standard InChI is InChI=1S/C24H31NO6/c1-12-3-6-16-14(9-12)5-4-13(2)19(16)22(29)20-21(28)17(11-25-23(20)30)24(31)8-7-15(26)10-18(24)27/h4-5,11-14,16,18-19,27,31H,3,6-10H2,1-2H3,(H2,25,28,30)/t12-,13-,14-,16-,18+,19-,24-/m1/s1. The van der Waals surface area contributed by atoms with E-state index in [0.29, 0.717) is 5.92 Å². The van der Waals surface area contributed by atoms with E-state index in [4.69, 9.17) is 0 Å². The van der Waals surface area contributed by atoms with Gasteiger partial charge in [-0.2, -0.15) is 0 Å². The van der Waals surface area contributed by atoms with E-state index in [1.807, 2.05) is 13.0 Å². The maximum atomic E-state index is 13.6. The maximum absolute atomic E-state index is 13.6. The van der Waals surface area contributed by atoms with Crippen LogP contribution in [0.15, 0.2) is 23.1 Å². The van der Waals surface area contributed by atoms with E-state index in [1.165, 1.54) is 0 Å². The van der Waals surface area contributed by atoms with E-state index in [1.54, 1.807) is 0 Å². The van der Waals surface area contributed by atoms with E-state index >= 15 is 0 Å². The summed E-state index contributed by atoms with van der Waals surface area (Å²) in [6.45, 7) is 4.16. The molecule has 31 heavy (non-hydrogen) atoms. The fourth-order valence-corrected chi connectivity index (χ4v) is 5.92. The Morgan fingerprint density at radius 1 is 1.19 bits per heavy atom. The topological polar surface area (TPSA) is 128 Å². The summed E-state index contributed by atoms with van der Waals surface area (Å²) in [7, 11) is 0. The zero-order valence-electron chi connectivity index (χ0n) is 18.0. The van der Waals surface area contributed by atoms with Crippen molar-refractivity contribution in [1.29, 1.82) is 0 Å². The van der Waals surface area contributed by atoms with E-state index in [-0.39, 0.29) is 53.9 Å². The number of Topliss-reactive ketones (excluding diaryl/α,β-unsaturated/α-hetero) is 2. The number of carbonyl (C=O) groups excluding carboxylic acids is 2. The Labute approximate surface area is 181 Å². The summed E-state index contributed by atoms with van der Waals surface area (Å²) < 4.78 is 0. The first-order chi connectivity index (χ1) is 14.6. The van der Waals surface area contributed by atoms with Crippen LogP contribution < -0.4 is 5.56 Å². The number of aliphatic hydroxyl groups is 2. The number of nitrogens with one attached hydrogen (secondary N) is 1. The van der Waals surface area contributed by atoms with Gasteiger partial charge in [0.2, 0.25) is 0 Å². The summed E-state index contributed by atoms with van der Waals surface area (Å²) in [6, 6.07) is 0. The molecule has 4 N–H and O–H groups in total. The summed E-state index contributed by atoms with van der Waals surface area (Å²) in [4.78, 5) is 40.4. The Morgan fingerprint density at radius 3 is 2.65 bits per heavy atom. The molecule has 0 aliphatic heterocycles. The number of hydrogen-bond acceptors (Lipinski definition) is 6. The Balaban J connectivity index is 1.74. The minimum Gasteiger partial charge on any atom is -0.507 e. The molecule has 0 saturated heterocycles. The lowest BCUT2D eigenvalue weighted by Crippen LogP contribution is -2.45. The number of allylic oxidation sites excluding steroid dienone is 2. The van der Waals surface area contributed by atoms with Crippen LogP contribution in [0.5, 0.6) is 5.75 Å². The van der Waals surface area contributed by atoms with Crippen LogP contribution in [0, 0.1) is 29.6 Å². The molecule has 168 valence electrons. The molecular formula is C24H31NO6. The normalized spacial score (nSPS) is 38.0. The summed E-state index contributed by atoms with van der Waals surface area (Å²) in [5, 5.41) is 32.4. The number of aromatic amines is 1. The van der Waals surface area contributed by atoms with E-state index in [9.17, 15) is 29.7 Å². The largest absolute Gasteiger partial charge is 0.507 e. The molecule has 0 unspecified atom stereocenters. The highest BCUT2D eigenvalue weighted by atomic mass is 16.3. The third kappa shape index (κ3) is 3.68. The molecule has 3 aliphatic rings. The summed E-state index contributed by atoms with van der Waals surface area (Å²) in [5.41, 5.74) is -3.08. The fourth-order valence-electron chi connectivity index (χ4n) is 5.92. The molecule has 0 amide bonds. The number of aliphatic hydroxyl groups excluding tert-OH is 1. The van der Waals surface area contributed by atoms with Gasteiger partial charge >= 0.3 is 0 Å². The zero-order chi connectivity index (χ0) is 22.5. The van der Waals surface area contributed by atoms with Crippen LogP contribution >= 0.6 is 0 Å². The van der Waals surface area contributed by atoms with Gasteiger partial charge in [-0.05, 0) is 42.9 Å². The lowest BCUT2D eigenvalue weighted by Gasteiger charge is -2.42. The van der Waals surface area contributed by atoms with Gasteiger partial charge in [0.1, 0.15) is 22.7 Å². The first-order valence-corrected chi connectivity index (χ1v) is 11.2. The second-order valence-corrected chi connectivity index (χ2v) is 9.82. The second-order valence-electron chi connectivity index (χ2n) is 9.82. The SMILES string of the molecule is C[C@@H]1CC[C@H]2[C@H](C(=O)c3c(O)c([C@]4(O)CCC(=O)C[C@@H]4O)c[nH]c3=O)[C@H](C)C=C[C@@H]2C1. The highest BCUT2D eigenvalue weighted by Crippen LogP contribution is 2.47. The van der Waals surface area contributed by atoms with Crippen molar-refractivity contribution >= 4 is 11.6 Å². The highest BCUT2D eigenvalue weighted by Gasteiger charge is 2.47. The Morgan fingerprint density at radius 2 is 1.94 bits per heavy atom. The van der Waals surface area contributed by atoms with Crippen molar-refractivity contribution in [1.82, 2.24) is 4.98 Å². The number of rotatable bonds is 3. The van der Waals surface area contributed by atoms with E-state index in [0.717, 1.165) is 25.5 Å². The van der Waals surface area contributed by atoms with Crippen LogP contribution in [0.1, 0.15) is 68.3 Å². The predicted octanol–water partition coefficient (Wildman–Crippen LogP) is 2.44. The molecule has 7 heteroatoms. The molecule has 0 bridgehead atoms. The zero-order valence-corrected chi connectivity index (χ0v) is 18.0. The lowest BCUT2D eigenvalue weighted by atomic mass is 9.61. The number of fused-ring (bicyclic) bond motifs is 1. The molecule has 4 rings (SSSR count). The molecule has 0 radical (unpaired) electrons. The molecule has 7 atom stereocenters. The van der Waals surface area contributed by atoms with Crippen molar-refractivity contribution in [2.24, 2.45) is 29.6 Å². The highest BCUT2D eigenvalue weighted by molar-refractivity contribution is 6.01. The molecule has 2 saturated carbocycles. The van der Waals surface area contributed by atoms with Gasteiger partial charge < -0.3 is 20.3 Å². The fraction of sp³-hybridized carbons (Fsp3) is 0.625. The number of H-pyrrole nitrogens is 1. The van der Waals surface area contributed by atoms with E-state index in [2.05, 4.69) is 18.0 Å². The van der Waals surface area contributed by atoms with Crippen molar-refractivity contribution in [3.05, 3.63) is 39.8 Å². The van der Waals surface area contributed by atoms with Crippen molar-refractivity contribution in [2.45, 2.75) is 64.1 Å². The molecule has 1 heterocycles. The molecule has 0 aromatic carbocycles. The van der Waals surface area contributed by atoms with Gasteiger partial charge in [-0.1, -0.05) is 32.4 Å². The van der Waals surface area contributed by atoms with Crippen molar-refractivity contribution in [3.8, 4) is 5.75 Å². The minimum atomic E-state index is -1.90. The van der Waals surface area contributed by atoms with Crippen molar-refractivity contribution in [3.63, 3.8) is 0 Å². The third-order valence-electron chi connectivity index (χ3n) is 7.75. The molecule has 7 nitrogen and oxygen atoms in total. The van der Waals surface area contributed by atoms with Gasteiger partial charge in [-0.25, -0.2) is 0 Å². The summed E-state index contributed by atoms with van der Waals surface area (Å²) in [5.74, 6) is -0.750. The molecule has 3 aliphatic carbocycles. The monoisotopic (exact) mass is 429 g/mol. The first-order valence-electron chi connectivity index (χ1n) is 11.2. The average molecular weight is 430 g/mol. The quantitative estimate of drug-likeness (QED) is 0.432. The molecule has 1 aromatic heterocycles. The van der Waals surface area contributed by atoms with Crippen LogP contribution in [0.25, 0.3) is 0 Å². The van der Waals surface area contributed by atoms with Crippen LogP contribution in [0.2, 0.25) is 0 Å². The molecule has 1 aromatic rings. The van der Waals surface area contributed by atoms with Gasteiger partial charge in [0.25, 0.3) is 5.56 Å². The number of hydrogen-bond donors (Lipinski definition) is 4. The van der Waals surface area contributed by atoms with Crippen LogP contribution in [0.4, 0.5) is 0 Å². The van der Waals surface area contributed by atoms with Gasteiger partial charge in [-0.3, -0.25) is 14.4 Å². The Bertz CT molecular complexity index is 981. The first kappa shape index (κ1) is 22.0. The number of carbonyl (C=O) groups is 2. The Kier molecular flexibility index (Phi) is 5.68. The molecular weight excluding hydrogens is 398 g/mol. The van der Waals surface area contributed by atoms with Crippen LogP contribution in [-0.2, 0) is 10.4 Å². The van der Waals surface area contributed by atoms with E-state index < -0.39 is 34.7 Å². The van der Waals surface area contributed by atoms with Gasteiger partial charge in [0.15, 0.2) is 5.78 Å². The van der Waals surface area contributed by atoms with Gasteiger partial charge in [-0.15, -0.1) is 0 Å². The predicted molar refractivity (Wildman–Crippen MR) is 114 cm³/mol. The van der Waals surface area contributed by atoms with Crippen molar-refractivity contribution in [2.75, 3.05) is 0 Å². The van der Waals surface area contributed by atoms with Crippen molar-refractivity contribution < 1.29 is 24.9 Å². The smallest absolute Gasteiger partial charge is 0.262 e. The maximum Gasteiger partial charge on any atom is 0.262 e. The van der Waals surface area contributed by atoms with Crippen LogP contribution in [0.3, 0.4) is 0 Å². The lowest BCUT2D eigenvalue weighted by molar-refractivity contribution is -0.142. The number of aromatic nitrogens is 1. The second kappa shape index (κ2) is 8.02.